The normalized spacial score (nSPS) is 11.7. The molecule has 1 aromatic rings. The molecule has 0 bridgehead atoms. The number of nitrogens with one attached hydrogen (secondary N) is 1. The van der Waals surface area contributed by atoms with Gasteiger partial charge in [0.05, 0.1) is 7.11 Å². The molecule has 0 aliphatic heterocycles. The van der Waals surface area contributed by atoms with E-state index in [-0.39, 0.29) is 5.41 Å². The standard InChI is InChI=1S/C15H26N2O/c1-11-8-12(2)14(13(9-11)18-5)15(3,4)10-17-7-6-16/h8-9,17H,6-7,10,16H2,1-5H3. The van der Waals surface area contributed by atoms with Gasteiger partial charge < -0.3 is 15.8 Å². The van der Waals surface area contributed by atoms with Crippen molar-refractivity contribution in [1.82, 2.24) is 5.32 Å². The fraction of sp³-hybridized carbons (Fsp3) is 0.600. The van der Waals surface area contributed by atoms with Crippen LogP contribution in [0.3, 0.4) is 0 Å². The summed E-state index contributed by atoms with van der Waals surface area (Å²) in [5.74, 6) is 0.979. The van der Waals surface area contributed by atoms with Crippen molar-refractivity contribution >= 4 is 0 Å². The third kappa shape index (κ3) is 3.47. The highest BCUT2D eigenvalue weighted by Crippen LogP contribution is 2.35. The zero-order chi connectivity index (χ0) is 13.8. The van der Waals surface area contributed by atoms with E-state index in [1.54, 1.807) is 7.11 Å². The van der Waals surface area contributed by atoms with Gasteiger partial charge in [0.25, 0.3) is 0 Å². The first-order valence-electron chi connectivity index (χ1n) is 6.49. The summed E-state index contributed by atoms with van der Waals surface area (Å²) in [6.45, 7) is 11.1. The lowest BCUT2D eigenvalue weighted by molar-refractivity contribution is 0.385. The summed E-state index contributed by atoms with van der Waals surface area (Å²) in [4.78, 5) is 0. The highest BCUT2D eigenvalue weighted by atomic mass is 16.5. The van der Waals surface area contributed by atoms with Gasteiger partial charge in [-0.1, -0.05) is 19.9 Å². The van der Waals surface area contributed by atoms with Crippen molar-refractivity contribution in [3.63, 3.8) is 0 Å². The Bertz CT molecular complexity index is 400. The number of nitrogens with two attached hydrogens (primary N) is 1. The Morgan fingerprint density at radius 3 is 2.50 bits per heavy atom. The second-order valence-corrected chi connectivity index (χ2v) is 5.51. The average molecular weight is 250 g/mol. The van der Waals surface area contributed by atoms with Crippen molar-refractivity contribution in [3.8, 4) is 5.75 Å². The minimum absolute atomic E-state index is 0.0261. The van der Waals surface area contributed by atoms with Crippen LogP contribution >= 0.6 is 0 Å². The minimum Gasteiger partial charge on any atom is -0.496 e. The topological polar surface area (TPSA) is 47.3 Å². The Kier molecular flexibility index (Phi) is 5.17. The number of rotatable bonds is 6. The third-order valence-electron chi connectivity index (χ3n) is 3.23. The molecule has 3 nitrogen and oxygen atoms in total. The van der Waals surface area contributed by atoms with Crippen LogP contribution < -0.4 is 15.8 Å². The molecular formula is C15H26N2O. The summed E-state index contributed by atoms with van der Waals surface area (Å²) in [5, 5.41) is 3.39. The molecule has 0 amide bonds. The first-order valence-corrected chi connectivity index (χ1v) is 6.49. The van der Waals surface area contributed by atoms with E-state index in [1.807, 2.05) is 0 Å². The van der Waals surface area contributed by atoms with Gasteiger partial charge in [-0.2, -0.15) is 0 Å². The molecule has 0 saturated heterocycles. The molecule has 0 saturated carbocycles. The molecule has 3 heteroatoms. The van der Waals surface area contributed by atoms with E-state index in [2.05, 4.69) is 45.1 Å². The number of ether oxygens (including phenoxy) is 1. The molecule has 0 unspecified atom stereocenters. The summed E-state index contributed by atoms with van der Waals surface area (Å²) < 4.78 is 5.55. The van der Waals surface area contributed by atoms with Crippen molar-refractivity contribution in [3.05, 3.63) is 28.8 Å². The van der Waals surface area contributed by atoms with Crippen molar-refractivity contribution in [1.29, 1.82) is 0 Å². The predicted octanol–water partition coefficient (Wildman–Crippen LogP) is 2.14. The first-order chi connectivity index (χ1) is 8.42. The maximum atomic E-state index is 5.55. The molecule has 1 aromatic carbocycles. The number of benzene rings is 1. The summed E-state index contributed by atoms with van der Waals surface area (Å²) in [5.41, 5.74) is 9.34. The van der Waals surface area contributed by atoms with Crippen LogP contribution in [0, 0.1) is 13.8 Å². The molecule has 0 fully saturated rings. The molecule has 0 aliphatic carbocycles. The van der Waals surface area contributed by atoms with E-state index in [9.17, 15) is 0 Å². The molecule has 0 aromatic heterocycles. The van der Waals surface area contributed by atoms with Crippen LogP contribution in [-0.2, 0) is 5.41 Å². The molecule has 1 rings (SSSR count). The van der Waals surface area contributed by atoms with Gasteiger partial charge in [-0.05, 0) is 31.0 Å². The van der Waals surface area contributed by atoms with Gasteiger partial charge in [-0.15, -0.1) is 0 Å². The summed E-state index contributed by atoms with van der Waals surface area (Å²) in [7, 11) is 1.74. The van der Waals surface area contributed by atoms with Gasteiger partial charge in [0.2, 0.25) is 0 Å². The smallest absolute Gasteiger partial charge is 0.123 e. The first kappa shape index (κ1) is 15.0. The summed E-state index contributed by atoms with van der Waals surface area (Å²) in [6.07, 6.45) is 0. The lowest BCUT2D eigenvalue weighted by Crippen LogP contribution is -2.36. The fourth-order valence-corrected chi connectivity index (χ4v) is 2.55. The molecule has 3 N–H and O–H groups in total. The van der Waals surface area contributed by atoms with Crippen LogP contribution in [0.25, 0.3) is 0 Å². The van der Waals surface area contributed by atoms with Gasteiger partial charge in [0, 0.05) is 30.6 Å². The quantitative estimate of drug-likeness (QED) is 0.760. The molecule has 0 radical (unpaired) electrons. The monoisotopic (exact) mass is 250 g/mol. The van der Waals surface area contributed by atoms with Gasteiger partial charge >= 0.3 is 0 Å². The van der Waals surface area contributed by atoms with Crippen molar-refractivity contribution in [2.75, 3.05) is 26.7 Å². The van der Waals surface area contributed by atoms with Crippen molar-refractivity contribution in [2.45, 2.75) is 33.1 Å². The Balaban J connectivity index is 3.06. The van der Waals surface area contributed by atoms with Crippen LogP contribution in [0.15, 0.2) is 12.1 Å². The van der Waals surface area contributed by atoms with Gasteiger partial charge in [-0.3, -0.25) is 0 Å². The van der Waals surface area contributed by atoms with Crippen LogP contribution in [-0.4, -0.2) is 26.7 Å². The number of hydrogen-bond donors (Lipinski definition) is 2. The zero-order valence-corrected chi connectivity index (χ0v) is 12.3. The molecular weight excluding hydrogens is 224 g/mol. The number of methoxy groups -OCH3 is 1. The van der Waals surface area contributed by atoms with Crippen molar-refractivity contribution in [2.24, 2.45) is 5.73 Å². The second-order valence-electron chi connectivity index (χ2n) is 5.51. The number of aryl methyl sites for hydroxylation is 2. The predicted molar refractivity (Wildman–Crippen MR) is 77.4 cm³/mol. The van der Waals surface area contributed by atoms with Crippen LogP contribution in [0.1, 0.15) is 30.5 Å². The Morgan fingerprint density at radius 1 is 1.28 bits per heavy atom. The third-order valence-corrected chi connectivity index (χ3v) is 3.23. The number of hydrogen-bond acceptors (Lipinski definition) is 3. The van der Waals surface area contributed by atoms with E-state index in [0.717, 1.165) is 18.8 Å². The Hall–Kier alpha value is -1.06. The van der Waals surface area contributed by atoms with Gasteiger partial charge in [0.15, 0.2) is 0 Å². The zero-order valence-electron chi connectivity index (χ0n) is 12.3. The highest BCUT2D eigenvalue weighted by molar-refractivity contribution is 5.47. The van der Waals surface area contributed by atoms with Gasteiger partial charge in [0.1, 0.15) is 5.75 Å². The Morgan fingerprint density at radius 2 is 1.94 bits per heavy atom. The molecule has 0 atom stereocenters. The van der Waals surface area contributed by atoms with E-state index in [4.69, 9.17) is 10.5 Å². The van der Waals surface area contributed by atoms with E-state index in [0.29, 0.717) is 6.54 Å². The second kappa shape index (κ2) is 6.21. The molecule has 0 heterocycles. The van der Waals surface area contributed by atoms with E-state index >= 15 is 0 Å². The Labute approximate surface area is 111 Å². The highest BCUT2D eigenvalue weighted by Gasteiger charge is 2.26. The largest absolute Gasteiger partial charge is 0.496 e. The fourth-order valence-electron chi connectivity index (χ4n) is 2.55. The lowest BCUT2D eigenvalue weighted by Gasteiger charge is -2.29. The van der Waals surface area contributed by atoms with Crippen molar-refractivity contribution < 1.29 is 4.74 Å². The average Bonchev–Trinajstić information content (AvgIpc) is 2.27. The SMILES string of the molecule is COc1cc(C)cc(C)c1C(C)(C)CNCCN. The van der Waals surface area contributed by atoms with Crippen LogP contribution in [0.2, 0.25) is 0 Å². The van der Waals surface area contributed by atoms with E-state index in [1.165, 1.54) is 16.7 Å². The molecule has 0 aliphatic rings. The minimum atomic E-state index is 0.0261. The summed E-state index contributed by atoms with van der Waals surface area (Å²) >= 11 is 0. The maximum Gasteiger partial charge on any atom is 0.123 e. The van der Waals surface area contributed by atoms with Crippen LogP contribution in [0.4, 0.5) is 0 Å². The van der Waals surface area contributed by atoms with Crippen LogP contribution in [0.5, 0.6) is 5.75 Å². The maximum absolute atomic E-state index is 5.55. The lowest BCUT2D eigenvalue weighted by atomic mass is 9.80. The molecule has 18 heavy (non-hydrogen) atoms. The summed E-state index contributed by atoms with van der Waals surface area (Å²) in [6, 6.07) is 4.32. The molecule has 0 spiro atoms. The van der Waals surface area contributed by atoms with E-state index < -0.39 is 0 Å². The molecule has 102 valence electrons. The van der Waals surface area contributed by atoms with Gasteiger partial charge in [-0.25, -0.2) is 0 Å².